The smallest absolute Gasteiger partial charge is 0.158 e. The maximum atomic E-state index is 11.9. The number of hydrogen-bond acceptors (Lipinski definition) is 1. The van der Waals surface area contributed by atoms with Gasteiger partial charge in [0.2, 0.25) is 0 Å². The second-order valence-electron chi connectivity index (χ2n) is 5.42. The zero-order valence-electron chi connectivity index (χ0n) is 10.2. The summed E-state index contributed by atoms with van der Waals surface area (Å²) < 4.78 is 0. The van der Waals surface area contributed by atoms with Gasteiger partial charge in [-0.1, -0.05) is 32.9 Å². The van der Waals surface area contributed by atoms with E-state index in [0.717, 1.165) is 18.4 Å². The largest absolute Gasteiger partial charge is 0.295 e. The van der Waals surface area contributed by atoms with E-state index in [1.807, 2.05) is 6.08 Å². The number of carbonyl (C=O) groups excluding carboxylic acids is 1. The Hall–Kier alpha value is -0.850. The third-order valence-electron chi connectivity index (χ3n) is 2.94. The molecule has 0 spiro atoms. The Labute approximate surface area is 93.3 Å². The van der Waals surface area contributed by atoms with Crippen molar-refractivity contribution < 1.29 is 4.79 Å². The summed E-state index contributed by atoms with van der Waals surface area (Å²) in [5, 5.41) is 0. The van der Waals surface area contributed by atoms with E-state index in [9.17, 15) is 4.79 Å². The van der Waals surface area contributed by atoms with Crippen molar-refractivity contribution in [1.29, 1.82) is 0 Å². The zero-order chi connectivity index (χ0) is 11.5. The molecule has 0 N–H and O–H groups in total. The van der Waals surface area contributed by atoms with Crippen LogP contribution in [0, 0.1) is 11.3 Å². The lowest BCUT2D eigenvalue weighted by Crippen LogP contribution is -2.22. The molecule has 0 bridgehead atoms. The van der Waals surface area contributed by atoms with Crippen LogP contribution in [0.3, 0.4) is 0 Å². The second kappa shape index (κ2) is 4.78. The quantitative estimate of drug-likeness (QED) is 0.637. The summed E-state index contributed by atoms with van der Waals surface area (Å²) in [7, 11) is 0. The average molecular weight is 206 g/mol. The van der Waals surface area contributed by atoms with Crippen LogP contribution in [0.15, 0.2) is 24.3 Å². The van der Waals surface area contributed by atoms with Crippen LogP contribution in [0.1, 0.15) is 46.5 Å². The third kappa shape index (κ3) is 3.65. The number of hydrogen-bond donors (Lipinski definition) is 0. The van der Waals surface area contributed by atoms with Crippen molar-refractivity contribution in [3.05, 3.63) is 24.3 Å². The van der Waals surface area contributed by atoms with Crippen LogP contribution in [0.2, 0.25) is 0 Å². The van der Waals surface area contributed by atoms with Gasteiger partial charge < -0.3 is 0 Å². The Kier molecular flexibility index (Phi) is 3.90. The summed E-state index contributed by atoms with van der Waals surface area (Å²) >= 11 is 0. The molecule has 1 aliphatic carbocycles. The van der Waals surface area contributed by atoms with E-state index in [1.165, 1.54) is 6.42 Å². The standard InChI is InChI=1S/C14H22O/c1-5-6-7-13(15)12-8-11(2)9-14(3,4)10-12/h5,10-11H,1,6-9H2,2-4H3. The molecule has 0 amide bonds. The van der Waals surface area contributed by atoms with Crippen molar-refractivity contribution >= 4 is 5.78 Å². The summed E-state index contributed by atoms with van der Waals surface area (Å²) in [4.78, 5) is 11.9. The van der Waals surface area contributed by atoms with E-state index in [4.69, 9.17) is 0 Å². The van der Waals surface area contributed by atoms with Crippen molar-refractivity contribution in [3.63, 3.8) is 0 Å². The first-order valence-electron chi connectivity index (χ1n) is 5.80. The topological polar surface area (TPSA) is 17.1 Å². The number of allylic oxidation sites excluding steroid dienone is 3. The fraction of sp³-hybridized carbons (Fsp3) is 0.643. The maximum Gasteiger partial charge on any atom is 0.158 e. The molecule has 1 rings (SSSR count). The van der Waals surface area contributed by atoms with E-state index >= 15 is 0 Å². The molecule has 15 heavy (non-hydrogen) atoms. The Balaban J connectivity index is 2.71. The first-order chi connectivity index (χ1) is 6.94. The van der Waals surface area contributed by atoms with Crippen LogP contribution in [0.4, 0.5) is 0 Å². The van der Waals surface area contributed by atoms with Gasteiger partial charge in [-0.25, -0.2) is 0 Å². The third-order valence-corrected chi connectivity index (χ3v) is 2.94. The van der Waals surface area contributed by atoms with Crippen molar-refractivity contribution in [2.24, 2.45) is 11.3 Å². The van der Waals surface area contributed by atoms with Crippen LogP contribution in [-0.4, -0.2) is 5.78 Å². The zero-order valence-corrected chi connectivity index (χ0v) is 10.2. The highest BCUT2D eigenvalue weighted by Gasteiger charge is 2.27. The molecule has 1 heteroatoms. The Bertz CT molecular complexity index is 284. The van der Waals surface area contributed by atoms with Crippen molar-refractivity contribution in [2.75, 3.05) is 0 Å². The van der Waals surface area contributed by atoms with Crippen LogP contribution >= 0.6 is 0 Å². The van der Waals surface area contributed by atoms with Gasteiger partial charge in [-0.2, -0.15) is 0 Å². The van der Waals surface area contributed by atoms with Gasteiger partial charge in [0.15, 0.2) is 5.78 Å². The summed E-state index contributed by atoms with van der Waals surface area (Å²) in [5.74, 6) is 0.946. The van der Waals surface area contributed by atoms with Gasteiger partial charge in [0.05, 0.1) is 0 Å². The summed E-state index contributed by atoms with van der Waals surface area (Å²) in [5.41, 5.74) is 1.23. The summed E-state index contributed by atoms with van der Waals surface area (Å²) in [6.07, 6.45) is 7.56. The van der Waals surface area contributed by atoms with Gasteiger partial charge in [0, 0.05) is 6.42 Å². The number of rotatable bonds is 4. The molecule has 0 aromatic rings. The Morgan fingerprint density at radius 1 is 1.67 bits per heavy atom. The van der Waals surface area contributed by atoms with E-state index in [-0.39, 0.29) is 5.41 Å². The average Bonchev–Trinajstić information content (AvgIpc) is 2.10. The number of carbonyl (C=O) groups is 1. The summed E-state index contributed by atoms with van der Waals surface area (Å²) in [6, 6.07) is 0. The fourth-order valence-electron chi connectivity index (χ4n) is 2.52. The van der Waals surface area contributed by atoms with Crippen LogP contribution in [0.5, 0.6) is 0 Å². The normalized spacial score (nSPS) is 24.5. The van der Waals surface area contributed by atoms with Gasteiger partial charge in [-0.15, -0.1) is 6.58 Å². The lowest BCUT2D eigenvalue weighted by Gasteiger charge is -2.31. The molecule has 0 radical (unpaired) electrons. The highest BCUT2D eigenvalue weighted by atomic mass is 16.1. The van der Waals surface area contributed by atoms with E-state index in [0.29, 0.717) is 18.1 Å². The van der Waals surface area contributed by atoms with Gasteiger partial charge in [-0.3, -0.25) is 4.79 Å². The lowest BCUT2D eigenvalue weighted by atomic mass is 9.73. The van der Waals surface area contributed by atoms with Gasteiger partial charge in [-0.05, 0) is 36.2 Å². The predicted octanol–water partition coefficient (Wildman–Crippen LogP) is 3.90. The molecular formula is C14H22O. The molecule has 0 aromatic carbocycles. The van der Waals surface area contributed by atoms with Crippen LogP contribution in [-0.2, 0) is 4.79 Å². The molecule has 1 aliphatic rings. The van der Waals surface area contributed by atoms with Crippen molar-refractivity contribution in [3.8, 4) is 0 Å². The molecule has 0 aromatic heterocycles. The Morgan fingerprint density at radius 3 is 2.87 bits per heavy atom. The van der Waals surface area contributed by atoms with E-state index < -0.39 is 0 Å². The van der Waals surface area contributed by atoms with Gasteiger partial charge >= 0.3 is 0 Å². The highest BCUT2D eigenvalue weighted by molar-refractivity contribution is 5.95. The minimum Gasteiger partial charge on any atom is -0.295 e. The predicted molar refractivity (Wildman–Crippen MR) is 64.7 cm³/mol. The Morgan fingerprint density at radius 2 is 2.33 bits per heavy atom. The van der Waals surface area contributed by atoms with Gasteiger partial charge in [0.25, 0.3) is 0 Å². The van der Waals surface area contributed by atoms with Gasteiger partial charge in [0.1, 0.15) is 0 Å². The maximum absolute atomic E-state index is 11.9. The molecule has 1 nitrogen and oxygen atoms in total. The monoisotopic (exact) mass is 206 g/mol. The van der Waals surface area contributed by atoms with Crippen molar-refractivity contribution in [1.82, 2.24) is 0 Å². The fourth-order valence-corrected chi connectivity index (χ4v) is 2.52. The molecule has 0 fully saturated rings. The molecule has 0 heterocycles. The SMILES string of the molecule is C=CCCC(=O)C1=CC(C)(C)CC(C)C1. The molecular weight excluding hydrogens is 184 g/mol. The van der Waals surface area contributed by atoms with Crippen molar-refractivity contribution in [2.45, 2.75) is 46.5 Å². The number of ketones is 1. The molecule has 1 unspecified atom stereocenters. The lowest BCUT2D eigenvalue weighted by molar-refractivity contribution is -0.116. The first kappa shape index (κ1) is 12.2. The minimum absolute atomic E-state index is 0.191. The summed E-state index contributed by atoms with van der Waals surface area (Å²) in [6.45, 7) is 10.3. The molecule has 0 saturated heterocycles. The highest BCUT2D eigenvalue weighted by Crippen LogP contribution is 2.37. The van der Waals surface area contributed by atoms with E-state index in [2.05, 4.69) is 33.4 Å². The molecule has 84 valence electrons. The van der Waals surface area contributed by atoms with E-state index in [1.54, 1.807) is 0 Å². The molecule has 1 atom stereocenters. The van der Waals surface area contributed by atoms with Crippen LogP contribution in [0.25, 0.3) is 0 Å². The van der Waals surface area contributed by atoms with Crippen LogP contribution < -0.4 is 0 Å². The minimum atomic E-state index is 0.191. The first-order valence-corrected chi connectivity index (χ1v) is 5.80. The molecule has 0 saturated carbocycles. The number of Topliss-reactive ketones (excluding diaryl/α,β-unsaturated/α-hetero) is 1. The molecule has 0 aliphatic heterocycles. The second-order valence-corrected chi connectivity index (χ2v) is 5.42.